The number of aromatic nitrogens is 1. The summed E-state index contributed by atoms with van der Waals surface area (Å²) < 4.78 is 7.02. The van der Waals surface area contributed by atoms with Crippen molar-refractivity contribution in [3.05, 3.63) is 69.6 Å². The van der Waals surface area contributed by atoms with E-state index in [1.165, 1.54) is 10.6 Å². The Labute approximate surface area is 146 Å². The summed E-state index contributed by atoms with van der Waals surface area (Å²) in [5.74, 6) is -0.130. The second-order valence-electron chi connectivity index (χ2n) is 5.55. The number of carbonyl (C=O) groups is 1. The third kappa shape index (κ3) is 4.94. The minimum atomic E-state index is -0.273. The molecule has 0 aliphatic rings. The molecule has 1 aromatic carbocycles. The summed E-state index contributed by atoms with van der Waals surface area (Å²) in [5.41, 5.74) is 0.822. The number of carbonyl (C=O) groups excluding carboxylic acids is 1. The molecule has 1 amide bonds. The molecule has 0 bridgehead atoms. The molecule has 0 radical (unpaired) electrons. The zero-order valence-electron chi connectivity index (χ0n) is 13.7. The predicted octanol–water partition coefficient (Wildman–Crippen LogP) is 2.78. The molecule has 0 unspecified atom stereocenters. The molecule has 24 heavy (non-hydrogen) atoms. The molecule has 0 saturated carbocycles. The van der Waals surface area contributed by atoms with Crippen LogP contribution in [0.1, 0.15) is 25.0 Å². The lowest BCUT2D eigenvalue weighted by Gasteiger charge is -2.24. The van der Waals surface area contributed by atoms with Crippen molar-refractivity contribution in [2.45, 2.75) is 32.0 Å². The van der Waals surface area contributed by atoms with Gasteiger partial charge < -0.3 is 14.6 Å². The summed E-state index contributed by atoms with van der Waals surface area (Å²) in [6, 6.07) is 12.0. The minimum absolute atomic E-state index is 0.116. The average molecular weight is 349 g/mol. The van der Waals surface area contributed by atoms with Crippen LogP contribution in [0.5, 0.6) is 0 Å². The Hall–Kier alpha value is -2.11. The summed E-state index contributed by atoms with van der Waals surface area (Å²) in [4.78, 5) is 23.8. The first-order valence-electron chi connectivity index (χ1n) is 7.74. The fraction of sp³-hybridized carbons (Fsp3) is 0.333. The van der Waals surface area contributed by atoms with Gasteiger partial charge in [0.2, 0.25) is 5.91 Å². The number of hydrogen-bond acceptors (Lipinski definition) is 3. The van der Waals surface area contributed by atoms with Gasteiger partial charge in [0.05, 0.1) is 6.04 Å². The minimum Gasteiger partial charge on any atom is -0.375 e. The van der Waals surface area contributed by atoms with Crippen molar-refractivity contribution in [1.82, 2.24) is 9.88 Å². The van der Waals surface area contributed by atoms with Gasteiger partial charge in [-0.3, -0.25) is 9.59 Å². The maximum atomic E-state index is 12.1. The van der Waals surface area contributed by atoms with E-state index in [9.17, 15) is 9.59 Å². The summed E-state index contributed by atoms with van der Waals surface area (Å²) >= 11 is 5.90. The summed E-state index contributed by atoms with van der Waals surface area (Å²) in [6.07, 6.45) is 1.63. The first-order chi connectivity index (χ1) is 11.5. The molecule has 2 aromatic rings. The SMILES string of the molecule is CO[C@H](c1ccc(Cl)cc1)[C@@H](C)NC(=O)CCn1ccccc1=O. The maximum absolute atomic E-state index is 12.1. The summed E-state index contributed by atoms with van der Waals surface area (Å²) in [6.45, 7) is 2.23. The number of methoxy groups -OCH3 is 1. The molecular formula is C18H21ClN2O3. The van der Waals surface area contributed by atoms with Crippen LogP contribution in [0.4, 0.5) is 0 Å². The van der Waals surface area contributed by atoms with Gasteiger partial charge in [-0.1, -0.05) is 29.8 Å². The summed E-state index contributed by atoms with van der Waals surface area (Å²) in [5, 5.41) is 3.57. The number of amides is 1. The molecule has 0 fully saturated rings. The molecule has 0 aliphatic heterocycles. The zero-order chi connectivity index (χ0) is 17.5. The quantitative estimate of drug-likeness (QED) is 0.837. The van der Waals surface area contributed by atoms with Crippen LogP contribution in [-0.2, 0) is 16.1 Å². The number of pyridine rings is 1. The van der Waals surface area contributed by atoms with Gasteiger partial charge in [0, 0.05) is 37.4 Å². The molecule has 128 valence electrons. The highest BCUT2D eigenvalue weighted by Gasteiger charge is 2.20. The van der Waals surface area contributed by atoms with Crippen molar-refractivity contribution in [3.8, 4) is 0 Å². The number of nitrogens with zero attached hydrogens (tertiary/aromatic N) is 1. The van der Waals surface area contributed by atoms with Crippen molar-refractivity contribution in [1.29, 1.82) is 0 Å². The van der Waals surface area contributed by atoms with Crippen LogP contribution in [0.15, 0.2) is 53.5 Å². The Bertz CT molecular complexity index is 728. The Balaban J connectivity index is 1.93. The lowest BCUT2D eigenvalue weighted by Crippen LogP contribution is -2.38. The first-order valence-corrected chi connectivity index (χ1v) is 8.12. The molecule has 0 saturated heterocycles. The standard InChI is InChI=1S/C18H21ClN2O3/c1-13(18(24-2)14-6-8-15(19)9-7-14)20-16(22)10-12-21-11-4-3-5-17(21)23/h3-9,11,13,18H,10,12H2,1-2H3,(H,20,22)/t13-,18+/m1/s1. The van der Waals surface area contributed by atoms with Crippen LogP contribution in [0.25, 0.3) is 0 Å². The fourth-order valence-electron chi connectivity index (χ4n) is 2.55. The molecule has 2 atom stereocenters. The first kappa shape index (κ1) is 18.2. The van der Waals surface area contributed by atoms with Crippen LogP contribution in [-0.4, -0.2) is 23.6 Å². The highest BCUT2D eigenvalue weighted by molar-refractivity contribution is 6.30. The number of nitrogens with one attached hydrogen (secondary N) is 1. The van der Waals surface area contributed by atoms with E-state index >= 15 is 0 Å². The van der Waals surface area contributed by atoms with E-state index in [2.05, 4.69) is 5.32 Å². The predicted molar refractivity (Wildman–Crippen MR) is 94.1 cm³/mol. The van der Waals surface area contributed by atoms with Gasteiger partial charge in [-0.25, -0.2) is 0 Å². The van der Waals surface area contributed by atoms with Gasteiger partial charge >= 0.3 is 0 Å². The van der Waals surface area contributed by atoms with Crippen LogP contribution < -0.4 is 10.9 Å². The van der Waals surface area contributed by atoms with E-state index in [1.54, 1.807) is 37.6 Å². The number of benzene rings is 1. The van der Waals surface area contributed by atoms with Crippen LogP contribution >= 0.6 is 11.6 Å². The van der Waals surface area contributed by atoms with E-state index in [0.717, 1.165) is 5.56 Å². The van der Waals surface area contributed by atoms with Crippen molar-refractivity contribution >= 4 is 17.5 Å². The highest BCUT2D eigenvalue weighted by Crippen LogP contribution is 2.22. The lowest BCUT2D eigenvalue weighted by atomic mass is 10.0. The lowest BCUT2D eigenvalue weighted by molar-refractivity contribution is -0.122. The number of ether oxygens (including phenoxy) is 1. The van der Waals surface area contributed by atoms with Crippen LogP contribution in [0.2, 0.25) is 5.02 Å². The molecule has 1 heterocycles. The molecule has 6 heteroatoms. The van der Waals surface area contributed by atoms with Gasteiger partial charge in [-0.2, -0.15) is 0 Å². The van der Waals surface area contributed by atoms with Gasteiger partial charge in [0.25, 0.3) is 5.56 Å². The molecule has 1 N–H and O–H groups in total. The van der Waals surface area contributed by atoms with E-state index in [0.29, 0.717) is 11.6 Å². The molecule has 5 nitrogen and oxygen atoms in total. The monoisotopic (exact) mass is 348 g/mol. The molecule has 0 aliphatic carbocycles. The van der Waals surface area contributed by atoms with Gasteiger partial charge in [-0.05, 0) is 30.7 Å². The number of aryl methyl sites for hydroxylation is 1. The topological polar surface area (TPSA) is 60.3 Å². The largest absolute Gasteiger partial charge is 0.375 e. The van der Waals surface area contributed by atoms with Crippen molar-refractivity contribution < 1.29 is 9.53 Å². The van der Waals surface area contributed by atoms with Gasteiger partial charge in [0.1, 0.15) is 6.10 Å². The molecular weight excluding hydrogens is 328 g/mol. The Morgan fingerprint density at radius 2 is 1.96 bits per heavy atom. The highest BCUT2D eigenvalue weighted by atomic mass is 35.5. The van der Waals surface area contributed by atoms with E-state index in [-0.39, 0.29) is 30.0 Å². The third-order valence-electron chi connectivity index (χ3n) is 3.77. The normalized spacial score (nSPS) is 13.3. The van der Waals surface area contributed by atoms with Crippen LogP contribution in [0.3, 0.4) is 0 Å². The van der Waals surface area contributed by atoms with Crippen molar-refractivity contribution in [2.75, 3.05) is 7.11 Å². The number of hydrogen-bond donors (Lipinski definition) is 1. The molecule has 2 rings (SSSR count). The summed E-state index contributed by atoms with van der Waals surface area (Å²) in [7, 11) is 1.60. The fourth-order valence-corrected chi connectivity index (χ4v) is 2.68. The van der Waals surface area contributed by atoms with Gasteiger partial charge in [-0.15, -0.1) is 0 Å². The van der Waals surface area contributed by atoms with E-state index < -0.39 is 0 Å². The number of rotatable bonds is 7. The smallest absolute Gasteiger partial charge is 0.250 e. The second-order valence-corrected chi connectivity index (χ2v) is 5.98. The second kappa shape index (κ2) is 8.66. The van der Waals surface area contributed by atoms with E-state index in [4.69, 9.17) is 16.3 Å². The Morgan fingerprint density at radius 1 is 1.25 bits per heavy atom. The zero-order valence-corrected chi connectivity index (χ0v) is 14.5. The van der Waals surface area contributed by atoms with Gasteiger partial charge in [0.15, 0.2) is 0 Å². The Morgan fingerprint density at radius 3 is 2.58 bits per heavy atom. The number of halogens is 1. The average Bonchev–Trinajstić information content (AvgIpc) is 2.56. The third-order valence-corrected chi connectivity index (χ3v) is 4.03. The Kier molecular flexibility index (Phi) is 6.58. The van der Waals surface area contributed by atoms with Crippen molar-refractivity contribution in [2.24, 2.45) is 0 Å². The maximum Gasteiger partial charge on any atom is 0.250 e. The molecule has 1 aromatic heterocycles. The van der Waals surface area contributed by atoms with E-state index in [1.807, 2.05) is 19.1 Å². The van der Waals surface area contributed by atoms with Crippen molar-refractivity contribution in [3.63, 3.8) is 0 Å². The molecule has 0 spiro atoms. The van der Waals surface area contributed by atoms with Crippen LogP contribution in [0, 0.1) is 0 Å².